The van der Waals surface area contributed by atoms with Crippen molar-refractivity contribution in [3.63, 3.8) is 0 Å². The molecule has 2 rings (SSSR count). The zero-order valence-electron chi connectivity index (χ0n) is 11.0. The Balaban J connectivity index is 2.29. The fourth-order valence-electron chi connectivity index (χ4n) is 2.23. The summed E-state index contributed by atoms with van der Waals surface area (Å²) >= 11 is 7.82. The Labute approximate surface area is 122 Å². The second kappa shape index (κ2) is 6.51. The van der Waals surface area contributed by atoms with Gasteiger partial charge in [0.15, 0.2) is 0 Å². The Morgan fingerprint density at radius 3 is 2.74 bits per heavy atom. The largest absolute Gasteiger partial charge is 0.310 e. The van der Waals surface area contributed by atoms with Crippen molar-refractivity contribution in [1.82, 2.24) is 5.32 Å². The van der Waals surface area contributed by atoms with Gasteiger partial charge in [-0.1, -0.05) is 24.6 Å². The third kappa shape index (κ3) is 3.35. The molecule has 1 aromatic heterocycles. The molecule has 1 nitrogen and oxygen atoms in total. The first-order valence-electron chi connectivity index (χ1n) is 6.33. The molecule has 0 aliphatic carbocycles. The van der Waals surface area contributed by atoms with E-state index in [0.29, 0.717) is 17.0 Å². The number of benzene rings is 1. The van der Waals surface area contributed by atoms with E-state index < -0.39 is 0 Å². The van der Waals surface area contributed by atoms with Gasteiger partial charge in [-0.25, -0.2) is 4.39 Å². The van der Waals surface area contributed by atoms with Crippen LogP contribution in [0.2, 0.25) is 5.02 Å². The zero-order valence-corrected chi connectivity index (χ0v) is 12.6. The van der Waals surface area contributed by atoms with E-state index in [2.05, 4.69) is 30.6 Å². The highest BCUT2D eigenvalue weighted by Crippen LogP contribution is 2.29. The van der Waals surface area contributed by atoms with Crippen LogP contribution in [-0.2, 0) is 6.42 Å². The van der Waals surface area contributed by atoms with Gasteiger partial charge in [-0.05, 0) is 49.0 Å². The molecule has 0 fully saturated rings. The maximum Gasteiger partial charge on any atom is 0.127 e. The summed E-state index contributed by atoms with van der Waals surface area (Å²) in [5, 5.41) is 5.97. The number of rotatable bonds is 5. The highest BCUT2D eigenvalue weighted by molar-refractivity contribution is 7.10. The molecule has 0 aliphatic rings. The molecular weight excluding hydrogens is 281 g/mol. The number of nitrogens with one attached hydrogen (secondary N) is 1. The van der Waals surface area contributed by atoms with Crippen molar-refractivity contribution in [3.05, 3.63) is 56.5 Å². The summed E-state index contributed by atoms with van der Waals surface area (Å²) in [4.78, 5) is 1.26. The Bertz CT molecular complexity index is 533. The van der Waals surface area contributed by atoms with Crippen LogP contribution in [0.15, 0.2) is 29.6 Å². The molecule has 0 bridgehead atoms. The number of thiophene rings is 1. The molecule has 0 spiro atoms. The van der Waals surface area contributed by atoms with Gasteiger partial charge in [-0.3, -0.25) is 0 Å². The van der Waals surface area contributed by atoms with Crippen molar-refractivity contribution >= 4 is 22.9 Å². The number of hydrogen-bond acceptors (Lipinski definition) is 2. The van der Waals surface area contributed by atoms with Crippen LogP contribution < -0.4 is 5.32 Å². The molecule has 0 saturated carbocycles. The van der Waals surface area contributed by atoms with Crippen LogP contribution in [-0.4, -0.2) is 6.54 Å². The summed E-state index contributed by atoms with van der Waals surface area (Å²) in [5.41, 5.74) is 1.81. The molecule has 0 radical (unpaired) electrons. The maximum atomic E-state index is 13.9. The van der Waals surface area contributed by atoms with Gasteiger partial charge >= 0.3 is 0 Å². The van der Waals surface area contributed by atoms with E-state index in [-0.39, 0.29) is 11.9 Å². The van der Waals surface area contributed by atoms with Crippen molar-refractivity contribution in [3.8, 4) is 0 Å². The SMILES string of the molecule is CCNC(Cc1c(F)cccc1Cl)c1ccsc1C. The molecule has 1 heterocycles. The molecule has 1 atom stereocenters. The molecule has 1 N–H and O–H groups in total. The van der Waals surface area contributed by atoms with Gasteiger partial charge in [0, 0.05) is 21.5 Å². The molecule has 4 heteroatoms. The average molecular weight is 298 g/mol. The lowest BCUT2D eigenvalue weighted by Gasteiger charge is -2.19. The second-order valence-electron chi connectivity index (χ2n) is 4.45. The average Bonchev–Trinajstić information content (AvgIpc) is 2.79. The second-order valence-corrected chi connectivity index (χ2v) is 5.97. The van der Waals surface area contributed by atoms with Gasteiger partial charge in [0.25, 0.3) is 0 Å². The highest BCUT2D eigenvalue weighted by atomic mass is 35.5. The predicted octanol–water partition coefficient (Wildman–Crippen LogP) is 4.74. The monoisotopic (exact) mass is 297 g/mol. The minimum Gasteiger partial charge on any atom is -0.310 e. The zero-order chi connectivity index (χ0) is 13.8. The minimum absolute atomic E-state index is 0.102. The Morgan fingerprint density at radius 1 is 1.37 bits per heavy atom. The fourth-order valence-corrected chi connectivity index (χ4v) is 3.23. The van der Waals surface area contributed by atoms with Gasteiger partial charge in [0.2, 0.25) is 0 Å². The topological polar surface area (TPSA) is 12.0 Å². The summed E-state index contributed by atoms with van der Waals surface area (Å²) in [7, 11) is 0. The van der Waals surface area contributed by atoms with E-state index in [1.54, 1.807) is 23.5 Å². The number of aryl methyl sites for hydroxylation is 1. The van der Waals surface area contributed by atoms with Gasteiger partial charge in [0.1, 0.15) is 5.82 Å². The summed E-state index contributed by atoms with van der Waals surface area (Å²) < 4.78 is 13.9. The lowest BCUT2D eigenvalue weighted by Crippen LogP contribution is -2.23. The lowest BCUT2D eigenvalue weighted by atomic mass is 9.99. The summed E-state index contributed by atoms with van der Waals surface area (Å²) in [6.45, 7) is 4.98. The van der Waals surface area contributed by atoms with E-state index in [4.69, 9.17) is 11.6 Å². The fraction of sp³-hybridized carbons (Fsp3) is 0.333. The molecule has 102 valence electrons. The number of halogens is 2. The van der Waals surface area contributed by atoms with Gasteiger partial charge < -0.3 is 5.32 Å². The van der Waals surface area contributed by atoms with Crippen LogP contribution >= 0.6 is 22.9 Å². The van der Waals surface area contributed by atoms with Gasteiger partial charge in [-0.15, -0.1) is 11.3 Å². The van der Waals surface area contributed by atoms with E-state index in [9.17, 15) is 4.39 Å². The van der Waals surface area contributed by atoms with E-state index in [1.165, 1.54) is 16.5 Å². The van der Waals surface area contributed by atoms with Crippen molar-refractivity contribution in [2.24, 2.45) is 0 Å². The third-order valence-corrected chi connectivity index (χ3v) is 4.41. The van der Waals surface area contributed by atoms with E-state index in [1.807, 2.05) is 0 Å². The molecule has 1 aromatic carbocycles. The van der Waals surface area contributed by atoms with E-state index >= 15 is 0 Å². The van der Waals surface area contributed by atoms with Crippen molar-refractivity contribution in [2.75, 3.05) is 6.54 Å². The van der Waals surface area contributed by atoms with E-state index in [0.717, 1.165) is 6.54 Å². The third-order valence-electron chi connectivity index (χ3n) is 3.19. The number of likely N-dealkylation sites (N-methyl/N-ethyl adjacent to an activating group) is 1. The normalized spacial score (nSPS) is 12.6. The number of hydrogen-bond donors (Lipinski definition) is 1. The first-order valence-corrected chi connectivity index (χ1v) is 7.59. The van der Waals surface area contributed by atoms with Crippen LogP contribution in [0.1, 0.15) is 29.0 Å². The van der Waals surface area contributed by atoms with Crippen LogP contribution in [0.4, 0.5) is 4.39 Å². The van der Waals surface area contributed by atoms with Crippen molar-refractivity contribution in [2.45, 2.75) is 26.3 Å². The quantitative estimate of drug-likeness (QED) is 0.840. The Morgan fingerprint density at radius 2 is 2.16 bits per heavy atom. The Kier molecular flexibility index (Phi) is 4.97. The first kappa shape index (κ1) is 14.5. The molecule has 2 aromatic rings. The first-order chi connectivity index (χ1) is 9.13. The van der Waals surface area contributed by atoms with Crippen LogP contribution in [0.25, 0.3) is 0 Å². The highest BCUT2D eigenvalue weighted by Gasteiger charge is 2.18. The van der Waals surface area contributed by atoms with Crippen molar-refractivity contribution in [1.29, 1.82) is 0 Å². The van der Waals surface area contributed by atoms with Crippen molar-refractivity contribution < 1.29 is 4.39 Å². The molecule has 0 amide bonds. The minimum atomic E-state index is -0.233. The van der Waals surface area contributed by atoms with Crippen LogP contribution in [0, 0.1) is 12.7 Å². The molecule has 0 saturated heterocycles. The van der Waals surface area contributed by atoms with Gasteiger partial charge in [-0.2, -0.15) is 0 Å². The summed E-state index contributed by atoms with van der Waals surface area (Å²) in [5.74, 6) is -0.233. The molecule has 0 aliphatic heterocycles. The maximum absolute atomic E-state index is 13.9. The predicted molar refractivity (Wildman–Crippen MR) is 80.6 cm³/mol. The molecule has 1 unspecified atom stereocenters. The summed E-state index contributed by atoms with van der Waals surface area (Å²) in [6.07, 6.45) is 0.566. The molecule has 19 heavy (non-hydrogen) atoms. The lowest BCUT2D eigenvalue weighted by molar-refractivity contribution is 0.527. The smallest absolute Gasteiger partial charge is 0.127 e. The van der Waals surface area contributed by atoms with Crippen LogP contribution in [0.5, 0.6) is 0 Å². The van der Waals surface area contributed by atoms with Crippen LogP contribution in [0.3, 0.4) is 0 Å². The summed E-state index contributed by atoms with van der Waals surface area (Å²) in [6, 6.07) is 7.04. The molecular formula is C15H17ClFNS. The standard InChI is InChI=1S/C15H17ClFNS/c1-3-18-15(11-7-8-19-10(11)2)9-12-13(16)5-4-6-14(12)17/h4-8,15,18H,3,9H2,1-2H3. The Hall–Kier alpha value is -0.900. The van der Waals surface area contributed by atoms with Gasteiger partial charge in [0.05, 0.1) is 0 Å².